The summed E-state index contributed by atoms with van der Waals surface area (Å²) < 4.78 is 16.7. The first kappa shape index (κ1) is 21.3. The van der Waals surface area contributed by atoms with Gasteiger partial charge in [0.25, 0.3) is 0 Å². The number of nitrogens with zero attached hydrogens (tertiary/aromatic N) is 4. The highest BCUT2D eigenvalue weighted by Gasteiger charge is 2.41. The second kappa shape index (κ2) is 9.06. The largest absolute Gasteiger partial charge is 0.490 e. The molecule has 0 saturated carbocycles. The molecule has 1 aromatic heterocycles. The molecule has 164 valence electrons. The minimum absolute atomic E-state index is 0.0331. The molecule has 1 saturated heterocycles. The van der Waals surface area contributed by atoms with Crippen molar-refractivity contribution in [3.8, 4) is 11.6 Å². The van der Waals surface area contributed by atoms with Crippen LogP contribution >= 0.6 is 23.4 Å². The lowest BCUT2D eigenvalue weighted by Gasteiger charge is -2.32. The molecule has 4 rings (SSSR count). The van der Waals surface area contributed by atoms with Crippen LogP contribution in [0.5, 0.6) is 11.6 Å². The lowest BCUT2D eigenvalue weighted by atomic mass is 10.1. The van der Waals surface area contributed by atoms with Gasteiger partial charge in [-0.3, -0.25) is 0 Å². The molecule has 0 spiro atoms. The Morgan fingerprint density at radius 1 is 1.26 bits per heavy atom. The van der Waals surface area contributed by atoms with Gasteiger partial charge in [-0.1, -0.05) is 17.7 Å². The van der Waals surface area contributed by atoms with Crippen LogP contribution in [0.25, 0.3) is 0 Å². The van der Waals surface area contributed by atoms with E-state index in [0.717, 1.165) is 16.7 Å². The molecular formula is C19H20ClN5O5S. The van der Waals surface area contributed by atoms with Crippen LogP contribution in [-0.4, -0.2) is 58.9 Å². The Balaban J connectivity index is 1.36. The predicted molar refractivity (Wildman–Crippen MR) is 113 cm³/mol. The van der Waals surface area contributed by atoms with Crippen LogP contribution in [0.4, 0.5) is 15.3 Å². The number of methoxy groups -OCH3 is 1. The van der Waals surface area contributed by atoms with Crippen molar-refractivity contribution >= 4 is 41.2 Å². The van der Waals surface area contributed by atoms with Crippen molar-refractivity contribution in [2.24, 2.45) is 5.73 Å². The number of rotatable bonds is 4. The average molecular weight is 466 g/mol. The van der Waals surface area contributed by atoms with Crippen LogP contribution in [0.15, 0.2) is 35.6 Å². The lowest BCUT2D eigenvalue weighted by molar-refractivity contribution is 0.0631. The number of nitrogens with two attached hydrogens (primary N) is 1. The van der Waals surface area contributed by atoms with Crippen LogP contribution < -0.4 is 20.1 Å². The Bertz CT molecular complexity index is 988. The van der Waals surface area contributed by atoms with Crippen molar-refractivity contribution in [1.82, 2.24) is 14.9 Å². The molecule has 1 aromatic carbocycles. The fourth-order valence-electron chi connectivity index (χ4n) is 3.38. The number of urea groups is 1. The van der Waals surface area contributed by atoms with Gasteiger partial charge >= 0.3 is 12.1 Å². The van der Waals surface area contributed by atoms with Crippen molar-refractivity contribution in [2.75, 3.05) is 25.1 Å². The number of fused-ring (bicyclic) bond motifs is 1. The number of carbonyl (C=O) groups is 2. The first-order valence-corrected chi connectivity index (χ1v) is 10.7. The van der Waals surface area contributed by atoms with Crippen molar-refractivity contribution in [2.45, 2.75) is 29.5 Å². The third kappa shape index (κ3) is 4.57. The standard InChI is InChI=1S/C19H20ClN5O5S/c1-28-15-14-16(23-10-22-15)31-19(25(14)17(21)26)30-18(27)24-7-5-12(6-8-24)29-13-4-2-3-11(20)9-13/h2-4,9-10,12,19H,5-8H2,1H3,(H2,21,26). The van der Waals surface area contributed by atoms with Gasteiger partial charge in [0.1, 0.15) is 28.9 Å². The Labute approximate surface area is 187 Å². The number of primary amides is 1. The highest BCUT2D eigenvalue weighted by molar-refractivity contribution is 8.00. The molecule has 31 heavy (non-hydrogen) atoms. The number of benzene rings is 1. The zero-order chi connectivity index (χ0) is 22.0. The fraction of sp³-hybridized carbons (Fsp3) is 0.368. The van der Waals surface area contributed by atoms with Crippen LogP contribution in [0.1, 0.15) is 12.8 Å². The summed E-state index contributed by atoms with van der Waals surface area (Å²) in [5.74, 6) is 0.870. The second-order valence-electron chi connectivity index (χ2n) is 6.82. The number of hydrogen-bond acceptors (Lipinski definition) is 8. The topological polar surface area (TPSA) is 120 Å². The number of thioether (sulfide) groups is 1. The van der Waals surface area contributed by atoms with Gasteiger partial charge in [0.15, 0.2) is 0 Å². The summed E-state index contributed by atoms with van der Waals surface area (Å²) in [5.41, 5.74) is 4.81. The molecule has 1 unspecified atom stereocenters. The molecule has 10 nitrogen and oxygen atoms in total. The quantitative estimate of drug-likeness (QED) is 0.684. The van der Waals surface area contributed by atoms with Crippen LogP contribution in [0.2, 0.25) is 5.02 Å². The molecule has 3 amide bonds. The van der Waals surface area contributed by atoms with E-state index in [2.05, 4.69) is 9.97 Å². The van der Waals surface area contributed by atoms with E-state index >= 15 is 0 Å². The molecule has 2 N–H and O–H groups in total. The second-order valence-corrected chi connectivity index (χ2v) is 8.28. The molecule has 2 aromatic rings. The van der Waals surface area contributed by atoms with Crippen LogP contribution in [0.3, 0.4) is 0 Å². The number of ether oxygens (including phenoxy) is 3. The van der Waals surface area contributed by atoms with Gasteiger partial charge in [-0.25, -0.2) is 19.5 Å². The van der Waals surface area contributed by atoms with Gasteiger partial charge in [-0.15, -0.1) is 0 Å². The van der Waals surface area contributed by atoms with E-state index < -0.39 is 17.7 Å². The smallest absolute Gasteiger partial charge is 0.412 e. The molecule has 1 atom stereocenters. The van der Waals surface area contributed by atoms with Gasteiger partial charge in [0, 0.05) is 31.0 Å². The normalized spacial score (nSPS) is 18.5. The molecular weight excluding hydrogens is 446 g/mol. The Morgan fingerprint density at radius 3 is 2.71 bits per heavy atom. The number of anilines is 1. The van der Waals surface area contributed by atoms with Gasteiger partial charge in [0.05, 0.1) is 7.11 Å². The van der Waals surface area contributed by atoms with E-state index in [0.29, 0.717) is 41.7 Å². The summed E-state index contributed by atoms with van der Waals surface area (Å²) >= 11 is 7.08. The maximum Gasteiger partial charge on any atom is 0.412 e. The van der Waals surface area contributed by atoms with Crippen LogP contribution in [-0.2, 0) is 4.74 Å². The molecule has 3 heterocycles. The Hall–Kier alpha value is -2.92. The third-order valence-electron chi connectivity index (χ3n) is 4.85. The predicted octanol–water partition coefficient (Wildman–Crippen LogP) is 3.09. The van der Waals surface area contributed by atoms with Gasteiger partial charge in [-0.2, -0.15) is 4.98 Å². The summed E-state index contributed by atoms with van der Waals surface area (Å²) in [6, 6.07) is 6.41. The van der Waals surface area contributed by atoms with E-state index in [1.54, 1.807) is 17.0 Å². The summed E-state index contributed by atoms with van der Waals surface area (Å²) in [6.07, 6.45) is 1.99. The SMILES string of the molecule is COc1ncnc2c1N(C(N)=O)C(OC(=O)N1CCC(Oc3cccc(Cl)c3)CC1)S2. The lowest BCUT2D eigenvalue weighted by Crippen LogP contribution is -2.47. The van der Waals surface area contributed by atoms with Crippen molar-refractivity contribution in [3.05, 3.63) is 35.6 Å². The van der Waals surface area contributed by atoms with E-state index in [1.807, 2.05) is 12.1 Å². The van der Waals surface area contributed by atoms with Crippen LogP contribution in [0, 0.1) is 0 Å². The van der Waals surface area contributed by atoms with E-state index in [1.165, 1.54) is 13.4 Å². The van der Waals surface area contributed by atoms with Crippen molar-refractivity contribution < 1.29 is 23.8 Å². The summed E-state index contributed by atoms with van der Waals surface area (Å²) in [4.78, 5) is 35.5. The number of hydrogen-bond donors (Lipinski definition) is 1. The maximum atomic E-state index is 12.7. The maximum absolute atomic E-state index is 12.7. The minimum Gasteiger partial charge on any atom is -0.490 e. The molecule has 2 aliphatic rings. The summed E-state index contributed by atoms with van der Waals surface area (Å²) in [6.45, 7) is 0.905. The molecule has 0 aliphatic carbocycles. The first-order chi connectivity index (χ1) is 15.0. The van der Waals surface area contributed by atoms with E-state index in [-0.39, 0.29) is 17.7 Å². The number of piperidine rings is 1. The summed E-state index contributed by atoms with van der Waals surface area (Å²) in [7, 11) is 1.42. The van der Waals surface area contributed by atoms with Crippen molar-refractivity contribution in [1.29, 1.82) is 0 Å². The third-order valence-corrected chi connectivity index (χ3v) is 6.12. The van der Waals surface area contributed by atoms with Gasteiger partial charge in [0.2, 0.25) is 11.4 Å². The Morgan fingerprint density at radius 2 is 2.03 bits per heavy atom. The van der Waals surface area contributed by atoms with E-state index in [9.17, 15) is 9.59 Å². The molecule has 0 radical (unpaired) electrons. The number of amides is 3. The number of carbonyl (C=O) groups excluding carboxylic acids is 2. The number of aromatic nitrogens is 2. The zero-order valence-corrected chi connectivity index (χ0v) is 18.1. The average Bonchev–Trinajstić information content (AvgIpc) is 3.12. The van der Waals surface area contributed by atoms with Gasteiger partial charge < -0.3 is 24.8 Å². The minimum atomic E-state index is -0.994. The highest BCUT2D eigenvalue weighted by Crippen LogP contribution is 2.46. The van der Waals surface area contributed by atoms with Gasteiger partial charge in [-0.05, 0) is 30.0 Å². The van der Waals surface area contributed by atoms with Crippen molar-refractivity contribution in [3.63, 3.8) is 0 Å². The molecule has 0 bridgehead atoms. The number of halogens is 1. The monoisotopic (exact) mass is 465 g/mol. The zero-order valence-electron chi connectivity index (χ0n) is 16.6. The molecule has 2 aliphatic heterocycles. The number of likely N-dealkylation sites (tertiary alicyclic amines) is 1. The molecule has 12 heteroatoms. The summed E-state index contributed by atoms with van der Waals surface area (Å²) in [5, 5.41) is 1.05. The fourth-order valence-corrected chi connectivity index (χ4v) is 4.61. The Kier molecular flexibility index (Phi) is 6.23. The molecule has 1 fully saturated rings. The first-order valence-electron chi connectivity index (χ1n) is 9.48. The van der Waals surface area contributed by atoms with E-state index in [4.69, 9.17) is 31.5 Å². The highest BCUT2D eigenvalue weighted by atomic mass is 35.5.